The summed E-state index contributed by atoms with van der Waals surface area (Å²) in [6.45, 7) is 2.07. The number of rotatable bonds is 7. The highest BCUT2D eigenvalue weighted by atomic mass is 16.6. The normalized spacial score (nSPS) is 25.9. The molecule has 0 spiro atoms. The summed E-state index contributed by atoms with van der Waals surface area (Å²) in [7, 11) is 0. The minimum atomic E-state index is -0.694. The molecule has 6 heteroatoms. The summed E-state index contributed by atoms with van der Waals surface area (Å²) in [6.07, 6.45) is 2.25. The summed E-state index contributed by atoms with van der Waals surface area (Å²) < 4.78 is 5.58. The maximum Gasteiger partial charge on any atom is 0.407 e. The van der Waals surface area contributed by atoms with Gasteiger partial charge < -0.3 is 25.8 Å². The minimum Gasteiger partial charge on any atom is -0.442 e. The van der Waals surface area contributed by atoms with Crippen molar-refractivity contribution in [1.29, 1.82) is 0 Å². The largest absolute Gasteiger partial charge is 0.442 e. The maximum atomic E-state index is 12.2. The molecule has 2 saturated heterocycles. The zero-order valence-corrected chi connectivity index (χ0v) is 17.2. The van der Waals surface area contributed by atoms with Gasteiger partial charge in [0.2, 0.25) is 0 Å². The fraction of sp³-hybridized carbons (Fsp3) is 0.458. The van der Waals surface area contributed by atoms with Crippen molar-refractivity contribution in [2.24, 2.45) is 0 Å². The highest BCUT2D eigenvalue weighted by Crippen LogP contribution is 2.22. The van der Waals surface area contributed by atoms with E-state index in [1.54, 1.807) is 0 Å². The van der Waals surface area contributed by atoms with Crippen molar-refractivity contribution < 1.29 is 14.6 Å². The number of hydrogen-bond acceptors (Lipinski definition) is 5. The molecule has 2 aliphatic heterocycles. The Hall–Kier alpha value is -2.41. The van der Waals surface area contributed by atoms with Gasteiger partial charge in [0.25, 0.3) is 0 Å². The number of aliphatic hydroxyl groups is 1. The van der Waals surface area contributed by atoms with Crippen LogP contribution in [0, 0.1) is 0 Å². The lowest BCUT2D eigenvalue weighted by atomic mass is 9.98. The molecule has 2 heterocycles. The van der Waals surface area contributed by atoms with Gasteiger partial charge in [-0.1, -0.05) is 54.6 Å². The van der Waals surface area contributed by atoms with E-state index in [9.17, 15) is 9.90 Å². The van der Waals surface area contributed by atoms with Crippen LogP contribution in [0.15, 0.2) is 54.6 Å². The van der Waals surface area contributed by atoms with Gasteiger partial charge >= 0.3 is 6.09 Å². The molecule has 4 N–H and O–H groups in total. The average Bonchev–Trinajstić information content (AvgIpc) is 3.40. The van der Waals surface area contributed by atoms with Crippen LogP contribution in [0.1, 0.15) is 24.8 Å². The van der Waals surface area contributed by atoms with Gasteiger partial charge in [-0.2, -0.15) is 0 Å². The first-order valence-electron chi connectivity index (χ1n) is 10.9. The first-order valence-corrected chi connectivity index (χ1v) is 10.9. The van der Waals surface area contributed by atoms with E-state index in [1.807, 2.05) is 18.2 Å². The highest BCUT2D eigenvalue weighted by Gasteiger charge is 2.37. The minimum absolute atomic E-state index is 0.107. The number of hydrogen-bond donors (Lipinski definition) is 4. The Morgan fingerprint density at radius 3 is 2.57 bits per heavy atom. The number of alkyl carbamates (subject to hydrolysis) is 1. The zero-order valence-electron chi connectivity index (χ0n) is 17.2. The van der Waals surface area contributed by atoms with E-state index in [2.05, 4.69) is 52.3 Å². The zero-order chi connectivity index (χ0) is 20.8. The van der Waals surface area contributed by atoms with Crippen LogP contribution in [0.4, 0.5) is 4.79 Å². The third-order valence-corrected chi connectivity index (χ3v) is 6.05. The van der Waals surface area contributed by atoms with Crippen LogP contribution in [0.3, 0.4) is 0 Å². The van der Waals surface area contributed by atoms with Crippen molar-refractivity contribution in [3.05, 3.63) is 60.2 Å². The van der Waals surface area contributed by atoms with E-state index >= 15 is 0 Å². The molecule has 2 fully saturated rings. The van der Waals surface area contributed by atoms with Crippen molar-refractivity contribution in [2.75, 3.05) is 19.6 Å². The van der Waals surface area contributed by atoms with Crippen LogP contribution in [0.5, 0.6) is 0 Å². The number of nitrogens with one attached hydrogen (secondary N) is 3. The SMILES string of the molecule is O=C(NCC[C@@H]1CCCN1)O[C@@H]1[C@@H](O)CN[C@@H]1Cc1ccc(-c2ccccc2)cc1. The van der Waals surface area contributed by atoms with E-state index in [0.29, 0.717) is 25.6 Å². The Morgan fingerprint density at radius 2 is 1.83 bits per heavy atom. The van der Waals surface area contributed by atoms with Crippen LogP contribution in [0.2, 0.25) is 0 Å². The van der Waals surface area contributed by atoms with Gasteiger partial charge in [-0.05, 0) is 48.9 Å². The summed E-state index contributed by atoms with van der Waals surface area (Å²) >= 11 is 0. The molecule has 4 atom stereocenters. The second kappa shape index (κ2) is 10.1. The summed E-state index contributed by atoms with van der Waals surface area (Å²) in [6, 6.07) is 19.0. The third kappa shape index (κ3) is 5.39. The first-order chi connectivity index (χ1) is 14.7. The Labute approximate surface area is 178 Å². The van der Waals surface area contributed by atoms with Gasteiger partial charge in [-0.3, -0.25) is 0 Å². The average molecular weight is 410 g/mol. The number of benzene rings is 2. The van der Waals surface area contributed by atoms with Gasteiger partial charge in [-0.15, -0.1) is 0 Å². The summed E-state index contributed by atoms with van der Waals surface area (Å²) in [4.78, 5) is 12.2. The Bertz CT molecular complexity index is 806. The molecule has 30 heavy (non-hydrogen) atoms. The summed E-state index contributed by atoms with van der Waals surface area (Å²) in [5.74, 6) is 0. The Kier molecular flexibility index (Phi) is 7.00. The van der Waals surface area contributed by atoms with Crippen LogP contribution in [0.25, 0.3) is 11.1 Å². The van der Waals surface area contributed by atoms with E-state index in [-0.39, 0.29) is 6.04 Å². The second-order valence-electron chi connectivity index (χ2n) is 8.23. The van der Waals surface area contributed by atoms with E-state index in [0.717, 1.165) is 24.9 Å². The number of amides is 1. The number of carbonyl (C=O) groups is 1. The van der Waals surface area contributed by atoms with Crippen molar-refractivity contribution in [3.8, 4) is 11.1 Å². The molecule has 160 valence electrons. The molecular weight excluding hydrogens is 378 g/mol. The maximum absolute atomic E-state index is 12.2. The van der Waals surface area contributed by atoms with Crippen LogP contribution in [-0.4, -0.2) is 55.1 Å². The lowest BCUT2D eigenvalue weighted by Gasteiger charge is -2.22. The summed E-state index contributed by atoms with van der Waals surface area (Å²) in [5.41, 5.74) is 3.49. The predicted octanol–water partition coefficient (Wildman–Crippen LogP) is 2.47. The van der Waals surface area contributed by atoms with Gasteiger partial charge in [0.05, 0.1) is 6.04 Å². The van der Waals surface area contributed by atoms with E-state index in [1.165, 1.54) is 17.5 Å². The van der Waals surface area contributed by atoms with E-state index < -0.39 is 18.3 Å². The Morgan fingerprint density at radius 1 is 1.07 bits per heavy atom. The predicted molar refractivity (Wildman–Crippen MR) is 117 cm³/mol. The first kappa shape index (κ1) is 20.8. The molecule has 6 nitrogen and oxygen atoms in total. The second-order valence-corrected chi connectivity index (χ2v) is 8.23. The van der Waals surface area contributed by atoms with Gasteiger partial charge in [0, 0.05) is 19.1 Å². The molecular formula is C24H31N3O3. The fourth-order valence-electron chi connectivity index (χ4n) is 4.36. The fourth-order valence-corrected chi connectivity index (χ4v) is 4.36. The van der Waals surface area contributed by atoms with Crippen LogP contribution >= 0.6 is 0 Å². The molecule has 2 aliphatic rings. The lowest BCUT2D eigenvalue weighted by molar-refractivity contribution is 0.0189. The topological polar surface area (TPSA) is 82.6 Å². The van der Waals surface area contributed by atoms with Gasteiger partial charge in [0.15, 0.2) is 0 Å². The van der Waals surface area contributed by atoms with Crippen molar-refractivity contribution in [1.82, 2.24) is 16.0 Å². The molecule has 2 aromatic carbocycles. The molecule has 0 aliphatic carbocycles. The van der Waals surface area contributed by atoms with Crippen molar-refractivity contribution in [3.63, 3.8) is 0 Å². The van der Waals surface area contributed by atoms with Gasteiger partial charge in [0.1, 0.15) is 12.2 Å². The molecule has 1 amide bonds. The molecule has 0 saturated carbocycles. The third-order valence-electron chi connectivity index (χ3n) is 6.05. The molecule has 0 bridgehead atoms. The van der Waals surface area contributed by atoms with E-state index in [4.69, 9.17) is 4.74 Å². The van der Waals surface area contributed by atoms with Crippen molar-refractivity contribution in [2.45, 2.75) is 50.0 Å². The quantitative estimate of drug-likeness (QED) is 0.565. The summed E-state index contributed by atoms with van der Waals surface area (Å²) in [5, 5.41) is 19.8. The standard InChI is InChI=1S/C24H31N3O3/c28-22-16-27-21(23(22)30-24(29)26-14-12-20-7-4-13-25-20)15-17-8-10-19(11-9-17)18-5-2-1-3-6-18/h1-3,5-6,8-11,20-23,25,27-28H,4,7,12-16H2,(H,26,29)/t20-,21+,22-,23-/m0/s1. The number of aliphatic hydroxyl groups excluding tert-OH is 1. The highest BCUT2D eigenvalue weighted by molar-refractivity contribution is 5.67. The smallest absolute Gasteiger partial charge is 0.407 e. The molecule has 0 unspecified atom stereocenters. The van der Waals surface area contributed by atoms with Gasteiger partial charge in [-0.25, -0.2) is 4.79 Å². The Balaban J connectivity index is 1.29. The molecule has 0 aromatic heterocycles. The number of β-amino-alcohol motifs (C(OH)–C–C–N with tert-alkyl or cyclic N) is 1. The van der Waals surface area contributed by atoms with Crippen molar-refractivity contribution >= 4 is 6.09 Å². The van der Waals surface area contributed by atoms with Crippen LogP contribution in [-0.2, 0) is 11.2 Å². The molecule has 0 radical (unpaired) electrons. The number of carbonyl (C=O) groups excluding carboxylic acids is 1. The van der Waals surface area contributed by atoms with Crippen LogP contribution < -0.4 is 16.0 Å². The molecule has 2 aromatic rings. The monoisotopic (exact) mass is 409 g/mol. The molecule has 4 rings (SSSR count). The number of ether oxygens (including phenoxy) is 1. The lowest BCUT2D eigenvalue weighted by Crippen LogP contribution is -2.42.